The summed E-state index contributed by atoms with van der Waals surface area (Å²) in [7, 11) is 3.14. The molecule has 9 nitrogen and oxygen atoms in total. The van der Waals surface area contributed by atoms with Crippen LogP contribution in [-0.4, -0.2) is 48.1 Å². The number of ether oxygens (including phenoxy) is 2. The number of furan rings is 1. The molecule has 1 aliphatic rings. The van der Waals surface area contributed by atoms with Gasteiger partial charge in [-0.3, -0.25) is 14.5 Å². The van der Waals surface area contributed by atoms with Crippen LogP contribution in [0.25, 0.3) is 16.9 Å². The first kappa shape index (κ1) is 29.1. The lowest BCUT2D eigenvalue weighted by atomic mass is 9.99. The van der Waals surface area contributed by atoms with Crippen LogP contribution in [0.2, 0.25) is 0 Å². The third-order valence-corrected chi connectivity index (χ3v) is 8.51. The molecule has 0 fully saturated rings. The van der Waals surface area contributed by atoms with Crippen molar-refractivity contribution in [3.05, 3.63) is 114 Å². The number of nitrogens with zero attached hydrogens (tertiary/aromatic N) is 3. The number of aromatic nitrogens is 2. The number of halogens is 1. The summed E-state index contributed by atoms with van der Waals surface area (Å²) >= 11 is 1.43. The lowest BCUT2D eigenvalue weighted by molar-refractivity contribution is -0.123. The maximum absolute atomic E-state index is 14.0. The minimum Gasteiger partial charge on any atom is -0.493 e. The van der Waals surface area contributed by atoms with E-state index < -0.39 is 5.82 Å². The highest BCUT2D eigenvalue weighted by Gasteiger charge is 2.38. The van der Waals surface area contributed by atoms with Gasteiger partial charge in [0.25, 0.3) is 0 Å². The van der Waals surface area contributed by atoms with E-state index in [2.05, 4.69) is 5.32 Å². The SMILES string of the molecule is COc1ccc(C2SCC(=O)N(CC(=O)NCc3ccco3)c3c2c(-c2ccccc2)nn3-c2ccc(F)cc2)cc1OC. The van der Waals surface area contributed by atoms with Crippen molar-refractivity contribution in [2.45, 2.75) is 11.8 Å². The number of fused-ring (bicyclic) bond motifs is 1. The number of nitrogens with one attached hydrogen (secondary N) is 1. The van der Waals surface area contributed by atoms with Gasteiger partial charge in [-0.05, 0) is 54.1 Å². The molecule has 0 saturated heterocycles. The van der Waals surface area contributed by atoms with Crippen LogP contribution in [0.15, 0.2) is 95.6 Å². The van der Waals surface area contributed by atoms with Crippen LogP contribution in [0.1, 0.15) is 22.1 Å². The first-order valence-corrected chi connectivity index (χ1v) is 14.9. The van der Waals surface area contributed by atoms with E-state index in [0.29, 0.717) is 34.5 Å². The summed E-state index contributed by atoms with van der Waals surface area (Å²) in [6, 6.07) is 24.7. The quantitative estimate of drug-likeness (QED) is 0.226. The second-order valence-corrected chi connectivity index (χ2v) is 11.1. The summed E-state index contributed by atoms with van der Waals surface area (Å²) < 4.78 is 32.1. The Morgan fingerprint density at radius 2 is 1.80 bits per heavy atom. The molecular weight excluding hydrogens is 583 g/mol. The van der Waals surface area contributed by atoms with Crippen LogP contribution in [0.5, 0.6) is 11.5 Å². The molecule has 224 valence electrons. The molecular formula is C33H29FN4O5S. The summed E-state index contributed by atoms with van der Waals surface area (Å²) in [5, 5.41) is 7.48. The minimum absolute atomic E-state index is 0.0941. The molecule has 1 N–H and O–H groups in total. The lowest BCUT2D eigenvalue weighted by Gasteiger charge is -2.23. The van der Waals surface area contributed by atoms with Gasteiger partial charge in [-0.25, -0.2) is 9.07 Å². The molecule has 6 rings (SSSR count). The maximum atomic E-state index is 14.0. The fourth-order valence-electron chi connectivity index (χ4n) is 5.17. The molecule has 5 aromatic rings. The van der Waals surface area contributed by atoms with Crippen LogP contribution in [0, 0.1) is 5.82 Å². The summed E-state index contributed by atoms with van der Waals surface area (Å²) in [5.41, 5.74) is 3.60. The molecule has 0 saturated carbocycles. The summed E-state index contributed by atoms with van der Waals surface area (Å²) in [6.07, 6.45) is 1.53. The van der Waals surface area contributed by atoms with Crippen molar-refractivity contribution in [1.29, 1.82) is 0 Å². The van der Waals surface area contributed by atoms with Crippen LogP contribution in [-0.2, 0) is 16.1 Å². The van der Waals surface area contributed by atoms with Crippen molar-refractivity contribution in [2.24, 2.45) is 0 Å². The number of carbonyl (C=O) groups is 2. The first-order valence-electron chi connectivity index (χ1n) is 13.8. The van der Waals surface area contributed by atoms with Gasteiger partial charge in [-0.15, -0.1) is 11.8 Å². The van der Waals surface area contributed by atoms with Gasteiger partial charge in [-0.2, -0.15) is 5.10 Å². The normalized spacial score (nSPS) is 14.6. The second-order valence-electron chi connectivity index (χ2n) is 9.98. The molecule has 0 radical (unpaired) electrons. The third kappa shape index (κ3) is 5.78. The Morgan fingerprint density at radius 1 is 1.02 bits per heavy atom. The van der Waals surface area contributed by atoms with E-state index in [4.69, 9.17) is 19.0 Å². The van der Waals surface area contributed by atoms with Crippen molar-refractivity contribution in [2.75, 3.05) is 31.4 Å². The fraction of sp³-hybridized carbons (Fsp3) is 0.182. The van der Waals surface area contributed by atoms with Gasteiger partial charge in [0.1, 0.15) is 23.9 Å². The molecule has 0 spiro atoms. The molecule has 11 heteroatoms. The van der Waals surface area contributed by atoms with E-state index in [-0.39, 0.29) is 35.9 Å². The number of amides is 2. The molecule has 1 aliphatic heterocycles. The van der Waals surface area contributed by atoms with Gasteiger partial charge in [0, 0.05) is 11.1 Å². The first-order chi connectivity index (χ1) is 21.5. The Labute approximate surface area is 257 Å². The van der Waals surface area contributed by atoms with Crippen molar-refractivity contribution >= 4 is 29.4 Å². The van der Waals surface area contributed by atoms with Crippen LogP contribution >= 0.6 is 11.8 Å². The zero-order chi connectivity index (χ0) is 30.6. The van der Waals surface area contributed by atoms with Gasteiger partial charge in [0.05, 0.1) is 49.4 Å². The Hall–Kier alpha value is -5.03. The third-order valence-electron chi connectivity index (χ3n) is 7.26. The molecule has 44 heavy (non-hydrogen) atoms. The lowest BCUT2D eigenvalue weighted by Crippen LogP contribution is -2.42. The highest BCUT2D eigenvalue weighted by molar-refractivity contribution is 8.00. The fourth-order valence-corrected chi connectivity index (χ4v) is 6.36. The van der Waals surface area contributed by atoms with Gasteiger partial charge in [0.15, 0.2) is 11.5 Å². The summed E-state index contributed by atoms with van der Waals surface area (Å²) in [4.78, 5) is 28.6. The van der Waals surface area contributed by atoms with Crippen molar-refractivity contribution < 1.29 is 27.9 Å². The van der Waals surface area contributed by atoms with E-state index >= 15 is 0 Å². The topological polar surface area (TPSA) is 98.8 Å². The predicted molar refractivity (Wildman–Crippen MR) is 166 cm³/mol. The van der Waals surface area contributed by atoms with Crippen molar-refractivity contribution in [3.8, 4) is 28.4 Å². The Balaban J connectivity index is 1.54. The van der Waals surface area contributed by atoms with Gasteiger partial charge in [0.2, 0.25) is 11.8 Å². The Morgan fingerprint density at radius 3 is 2.50 bits per heavy atom. The Kier molecular flexibility index (Phi) is 8.38. The number of methoxy groups -OCH3 is 2. The minimum atomic E-state index is -0.403. The van der Waals surface area contributed by atoms with E-state index in [9.17, 15) is 14.0 Å². The number of rotatable bonds is 9. The van der Waals surface area contributed by atoms with E-state index in [1.807, 2.05) is 48.5 Å². The molecule has 0 aliphatic carbocycles. The highest BCUT2D eigenvalue weighted by Crippen LogP contribution is 2.49. The zero-order valence-corrected chi connectivity index (χ0v) is 24.8. The monoisotopic (exact) mass is 612 g/mol. The number of hydrogen-bond donors (Lipinski definition) is 1. The zero-order valence-electron chi connectivity index (χ0n) is 24.0. The van der Waals surface area contributed by atoms with E-state index in [1.54, 1.807) is 43.2 Å². The van der Waals surface area contributed by atoms with E-state index in [0.717, 1.165) is 16.7 Å². The average molecular weight is 613 g/mol. The predicted octanol–water partition coefficient (Wildman–Crippen LogP) is 5.77. The number of anilines is 1. The molecule has 1 unspecified atom stereocenters. The number of hydrogen-bond acceptors (Lipinski definition) is 7. The summed E-state index contributed by atoms with van der Waals surface area (Å²) in [5.74, 6) is 1.19. The summed E-state index contributed by atoms with van der Waals surface area (Å²) in [6.45, 7) is -0.0803. The van der Waals surface area contributed by atoms with Crippen LogP contribution in [0.4, 0.5) is 10.2 Å². The van der Waals surface area contributed by atoms with Gasteiger partial charge < -0.3 is 19.2 Å². The van der Waals surface area contributed by atoms with Crippen molar-refractivity contribution in [1.82, 2.24) is 15.1 Å². The maximum Gasteiger partial charge on any atom is 0.240 e. The molecule has 2 aromatic heterocycles. The van der Waals surface area contributed by atoms with Crippen LogP contribution < -0.4 is 19.7 Å². The van der Waals surface area contributed by atoms with Crippen LogP contribution in [0.3, 0.4) is 0 Å². The van der Waals surface area contributed by atoms with Gasteiger partial charge >= 0.3 is 0 Å². The Bertz CT molecular complexity index is 1770. The number of benzene rings is 3. The number of thioether (sulfide) groups is 1. The van der Waals surface area contributed by atoms with Gasteiger partial charge in [-0.1, -0.05) is 36.4 Å². The average Bonchev–Trinajstić information content (AvgIpc) is 3.69. The molecule has 1 atom stereocenters. The standard InChI is InChI=1S/C33H29FN4O5S/c1-41-26-15-10-22(17-27(26)42-2)32-30-31(21-7-4-3-5-8-21)36-38(24-13-11-23(34)12-14-24)33(30)37(29(40)20-44-32)19-28(39)35-18-25-9-6-16-43-25/h3-17,32H,18-20H2,1-2H3,(H,35,39). The molecule has 0 bridgehead atoms. The molecule has 3 aromatic carbocycles. The second kappa shape index (κ2) is 12.7. The smallest absolute Gasteiger partial charge is 0.240 e. The number of carbonyl (C=O) groups excluding carboxylic acids is 2. The highest BCUT2D eigenvalue weighted by atomic mass is 32.2. The van der Waals surface area contributed by atoms with Crippen molar-refractivity contribution in [3.63, 3.8) is 0 Å². The van der Waals surface area contributed by atoms with E-state index in [1.165, 1.54) is 35.1 Å². The molecule has 3 heterocycles. The molecule has 2 amide bonds. The largest absolute Gasteiger partial charge is 0.493 e.